The summed E-state index contributed by atoms with van der Waals surface area (Å²) in [6, 6.07) is 5.42. The standard InChI is InChI=1S/C14H22N2O3.C2H6/c1-5-18-12-8-10(6-7-11(12)15)9-16-13(17)19-14(2,3)4;1-2/h6-8H,5,9,15H2,1-4H3,(H,16,17);1-2H3. The molecule has 1 rings (SSSR count). The minimum atomic E-state index is -0.498. The monoisotopic (exact) mass is 296 g/mol. The van der Waals surface area contributed by atoms with Gasteiger partial charge in [-0.25, -0.2) is 4.79 Å². The maximum atomic E-state index is 11.5. The lowest BCUT2D eigenvalue weighted by Gasteiger charge is -2.19. The maximum Gasteiger partial charge on any atom is 0.407 e. The number of nitrogens with two attached hydrogens (primary N) is 1. The summed E-state index contributed by atoms with van der Waals surface area (Å²) in [6.45, 7) is 12.3. The molecule has 0 aromatic heterocycles. The second-order valence-corrected chi connectivity index (χ2v) is 5.16. The molecule has 0 aliphatic heterocycles. The Kier molecular flexibility index (Phi) is 8.28. The molecule has 120 valence electrons. The first-order valence-corrected chi connectivity index (χ1v) is 7.30. The number of nitrogens with one attached hydrogen (secondary N) is 1. The van der Waals surface area contributed by atoms with Gasteiger partial charge < -0.3 is 20.5 Å². The summed E-state index contributed by atoms with van der Waals surface area (Å²) in [7, 11) is 0. The van der Waals surface area contributed by atoms with E-state index in [0.29, 0.717) is 24.6 Å². The van der Waals surface area contributed by atoms with Crippen LogP contribution in [0.4, 0.5) is 10.5 Å². The summed E-state index contributed by atoms with van der Waals surface area (Å²) < 4.78 is 10.6. The SMILES string of the molecule is CC.CCOc1cc(CNC(=O)OC(C)(C)C)ccc1N. The van der Waals surface area contributed by atoms with Crippen LogP contribution in [-0.4, -0.2) is 18.3 Å². The highest BCUT2D eigenvalue weighted by molar-refractivity contribution is 5.67. The Morgan fingerprint density at radius 1 is 1.29 bits per heavy atom. The van der Waals surface area contributed by atoms with E-state index in [4.69, 9.17) is 15.2 Å². The summed E-state index contributed by atoms with van der Waals surface area (Å²) in [5.74, 6) is 0.631. The molecule has 1 aromatic carbocycles. The van der Waals surface area contributed by atoms with Gasteiger partial charge >= 0.3 is 6.09 Å². The summed E-state index contributed by atoms with van der Waals surface area (Å²) in [6.07, 6.45) is -0.442. The van der Waals surface area contributed by atoms with Crippen molar-refractivity contribution < 1.29 is 14.3 Å². The van der Waals surface area contributed by atoms with Crippen molar-refractivity contribution in [1.82, 2.24) is 5.32 Å². The van der Waals surface area contributed by atoms with E-state index >= 15 is 0 Å². The first-order valence-electron chi connectivity index (χ1n) is 7.30. The number of amides is 1. The number of hydrogen-bond acceptors (Lipinski definition) is 4. The third-order valence-electron chi connectivity index (χ3n) is 2.21. The fraction of sp³-hybridized carbons (Fsp3) is 0.562. The fourth-order valence-corrected chi connectivity index (χ4v) is 1.46. The van der Waals surface area contributed by atoms with Crippen molar-refractivity contribution in [2.24, 2.45) is 0 Å². The van der Waals surface area contributed by atoms with Gasteiger partial charge in [0.25, 0.3) is 0 Å². The van der Waals surface area contributed by atoms with Gasteiger partial charge in [-0.3, -0.25) is 0 Å². The fourth-order valence-electron chi connectivity index (χ4n) is 1.46. The van der Waals surface area contributed by atoms with Gasteiger partial charge in [0.2, 0.25) is 0 Å². The van der Waals surface area contributed by atoms with Crippen molar-refractivity contribution in [3.63, 3.8) is 0 Å². The van der Waals surface area contributed by atoms with Gasteiger partial charge in [-0.2, -0.15) is 0 Å². The number of ether oxygens (including phenoxy) is 2. The van der Waals surface area contributed by atoms with E-state index < -0.39 is 11.7 Å². The van der Waals surface area contributed by atoms with E-state index in [1.807, 2.05) is 53.7 Å². The van der Waals surface area contributed by atoms with Crippen molar-refractivity contribution >= 4 is 11.8 Å². The molecular weight excluding hydrogens is 268 g/mol. The van der Waals surface area contributed by atoms with Gasteiger partial charge in [-0.05, 0) is 45.4 Å². The van der Waals surface area contributed by atoms with E-state index in [-0.39, 0.29) is 0 Å². The van der Waals surface area contributed by atoms with Gasteiger partial charge in [0.05, 0.1) is 12.3 Å². The number of alkyl carbamates (subject to hydrolysis) is 1. The molecule has 5 nitrogen and oxygen atoms in total. The topological polar surface area (TPSA) is 73.6 Å². The van der Waals surface area contributed by atoms with Crippen LogP contribution in [0.3, 0.4) is 0 Å². The number of rotatable bonds is 4. The van der Waals surface area contributed by atoms with Crippen LogP contribution in [0.1, 0.15) is 47.1 Å². The van der Waals surface area contributed by atoms with Crippen LogP contribution in [0.25, 0.3) is 0 Å². The molecule has 3 N–H and O–H groups in total. The van der Waals surface area contributed by atoms with Gasteiger partial charge in [0, 0.05) is 6.54 Å². The third kappa shape index (κ3) is 8.07. The first kappa shape index (κ1) is 19.1. The molecule has 0 aliphatic carbocycles. The molecular formula is C16H28N2O3. The van der Waals surface area contributed by atoms with E-state index in [2.05, 4.69) is 5.32 Å². The Morgan fingerprint density at radius 3 is 2.43 bits per heavy atom. The molecule has 0 bridgehead atoms. The van der Waals surface area contributed by atoms with E-state index in [1.54, 1.807) is 6.07 Å². The highest BCUT2D eigenvalue weighted by Crippen LogP contribution is 2.22. The molecule has 5 heteroatoms. The molecule has 1 aromatic rings. The second kappa shape index (κ2) is 9.10. The van der Waals surface area contributed by atoms with Crippen molar-refractivity contribution in [1.29, 1.82) is 0 Å². The normalized spacial score (nSPS) is 10.2. The number of carbonyl (C=O) groups excluding carboxylic acids is 1. The minimum Gasteiger partial charge on any atom is -0.492 e. The Hall–Kier alpha value is -1.91. The lowest BCUT2D eigenvalue weighted by Crippen LogP contribution is -2.32. The van der Waals surface area contributed by atoms with Crippen LogP contribution in [0.2, 0.25) is 0 Å². The third-order valence-corrected chi connectivity index (χ3v) is 2.21. The smallest absolute Gasteiger partial charge is 0.407 e. The summed E-state index contributed by atoms with van der Waals surface area (Å²) in [5, 5.41) is 2.69. The van der Waals surface area contributed by atoms with Gasteiger partial charge in [-0.15, -0.1) is 0 Å². The van der Waals surface area contributed by atoms with Crippen molar-refractivity contribution in [3.05, 3.63) is 23.8 Å². The molecule has 1 amide bonds. The molecule has 0 radical (unpaired) electrons. The van der Waals surface area contributed by atoms with E-state index in [1.165, 1.54) is 0 Å². The van der Waals surface area contributed by atoms with Crippen LogP contribution in [0, 0.1) is 0 Å². The molecule has 0 aliphatic rings. The van der Waals surface area contributed by atoms with Gasteiger partial charge in [0.15, 0.2) is 0 Å². The lowest BCUT2D eigenvalue weighted by atomic mass is 10.2. The minimum absolute atomic E-state index is 0.370. The van der Waals surface area contributed by atoms with Crippen molar-refractivity contribution in [2.75, 3.05) is 12.3 Å². The quantitative estimate of drug-likeness (QED) is 0.830. The number of hydrogen-bond donors (Lipinski definition) is 2. The highest BCUT2D eigenvalue weighted by Gasteiger charge is 2.15. The zero-order chi connectivity index (χ0) is 16.5. The van der Waals surface area contributed by atoms with Crippen molar-refractivity contribution in [2.45, 2.75) is 53.7 Å². The zero-order valence-electron chi connectivity index (χ0n) is 13.9. The van der Waals surface area contributed by atoms with Crippen LogP contribution in [0.15, 0.2) is 18.2 Å². The van der Waals surface area contributed by atoms with E-state index in [9.17, 15) is 4.79 Å². The molecule has 21 heavy (non-hydrogen) atoms. The molecule has 0 unspecified atom stereocenters. The average Bonchev–Trinajstić information content (AvgIpc) is 2.40. The number of carbonyl (C=O) groups is 1. The number of benzene rings is 1. The summed E-state index contributed by atoms with van der Waals surface area (Å²) in [5.41, 5.74) is 6.77. The number of nitrogen functional groups attached to an aromatic ring is 1. The Morgan fingerprint density at radius 2 is 1.90 bits per heavy atom. The molecule has 0 heterocycles. The summed E-state index contributed by atoms with van der Waals surface area (Å²) >= 11 is 0. The average molecular weight is 296 g/mol. The van der Waals surface area contributed by atoms with Crippen molar-refractivity contribution in [3.8, 4) is 5.75 Å². The van der Waals surface area contributed by atoms with Crippen LogP contribution in [-0.2, 0) is 11.3 Å². The van der Waals surface area contributed by atoms with E-state index in [0.717, 1.165) is 5.56 Å². The van der Waals surface area contributed by atoms with Crippen LogP contribution in [0.5, 0.6) is 5.75 Å². The Bertz CT molecular complexity index is 440. The van der Waals surface area contributed by atoms with Crippen LogP contribution < -0.4 is 15.8 Å². The molecule has 0 saturated heterocycles. The zero-order valence-corrected chi connectivity index (χ0v) is 13.9. The highest BCUT2D eigenvalue weighted by atomic mass is 16.6. The largest absolute Gasteiger partial charge is 0.492 e. The molecule has 0 saturated carbocycles. The Balaban J connectivity index is 0.00000191. The predicted molar refractivity (Wildman–Crippen MR) is 86.4 cm³/mol. The number of anilines is 1. The molecule has 0 atom stereocenters. The second-order valence-electron chi connectivity index (χ2n) is 5.16. The lowest BCUT2D eigenvalue weighted by molar-refractivity contribution is 0.0523. The van der Waals surface area contributed by atoms with Gasteiger partial charge in [-0.1, -0.05) is 19.9 Å². The van der Waals surface area contributed by atoms with Gasteiger partial charge in [0.1, 0.15) is 11.4 Å². The molecule has 0 fully saturated rings. The summed E-state index contributed by atoms with van der Waals surface area (Å²) in [4.78, 5) is 11.5. The Labute approximate surface area is 127 Å². The van der Waals surface area contributed by atoms with Crippen LogP contribution >= 0.6 is 0 Å². The first-order chi connectivity index (χ1) is 9.81. The maximum absolute atomic E-state index is 11.5. The predicted octanol–water partition coefficient (Wildman–Crippen LogP) is 3.72. The molecule has 0 spiro atoms.